The van der Waals surface area contributed by atoms with Gasteiger partial charge in [-0.25, -0.2) is 9.37 Å². The van der Waals surface area contributed by atoms with Crippen LogP contribution < -0.4 is 10.2 Å². The number of nitrogens with one attached hydrogen (secondary N) is 1. The lowest BCUT2D eigenvalue weighted by Crippen LogP contribution is -2.38. The maximum atomic E-state index is 13.3. The number of amides is 1. The molecule has 5 rings (SSSR count). The third-order valence-electron chi connectivity index (χ3n) is 5.57. The van der Waals surface area contributed by atoms with Crippen molar-refractivity contribution in [1.82, 2.24) is 15.3 Å². The van der Waals surface area contributed by atoms with Crippen molar-refractivity contribution in [1.29, 1.82) is 0 Å². The standard InChI is InChI=1S/C21H21FN4O2/c1-12-6-15(10-23-9-12)26-5-4-14(11-26)24-20(27)16-8-17(16)21-25-18-3-2-13(22)7-19(18)28-21/h2-3,6-7,9-10,14,16-17H,4-5,8,11H2,1H3,(H,24,27)/t14-,16+,17+/m1/s1. The molecule has 0 bridgehead atoms. The number of rotatable bonds is 4. The van der Waals surface area contributed by atoms with Gasteiger partial charge in [-0.2, -0.15) is 0 Å². The van der Waals surface area contributed by atoms with E-state index in [1.165, 1.54) is 12.1 Å². The molecular formula is C21H21FN4O2. The summed E-state index contributed by atoms with van der Waals surface area (Å²) in [6.45, 7) is 3.72. The molecule has 1 aromatic carbocycles. The number of aromatic nitrogens is 2. The zero-order valence-electron chi connectivity index (χ0n) is 15.6. The lowest BCUT2D eigenvalue weighted by Gasteiger charge is -2.19. The molecule has 28 heavy (non-hydrogen) atoms. The molecule has 3 heterocycles. The van der Waals surface area contributed by atoms with Crippen molar-refractivity contribution in [2.24, 2.45) is 5.92 Å². The van der Waals surface area contributed by atoms with Crippen LogP contribution in [0, 0.1) is 18.7 Å². The van der Waals surface area contributed by atoms with E-state index in [0.717, 1.165) is 37.2 Å². The van der Waals surface area contributed by atoms with Crippen molar-refractivity contribution in [3.63, 3.8) is 0 Å². The highest BCUT2D eigenvalue weighted by molar-refractivity contribution is 5.83. The summed E-state index contributed by atoms with van der Waals surface area (Å²) >= 11 is 0. The molecule has 1 aliphatic carbocycles. The van der Waals surface area contributed by atoms with Crippen LogP contribution in [0.25, 0.3) is 11.1 Å². The minimum absolute atomic E-state index is 0.0195. The number of halogens is 1. The first kappa shape index (κ1) is 17.2. The van der Waals surface area contributed by atoms with Crippen LogP contribution in [-0.2, 0) is 4.79 Å². The summed E-state index contributed by atoms with van der Waals surface area (Å²) in [5, 5.41) is 3.17. The van der Waals surface area contributed by atoms with E-state index in [0.29, 0.717) is 17.0 Å². The Morgan fingerprint density at radius 1 is 1.32 bits per heavy atom. The van der Waals surface area contributed by atoms with Gasteiger partial charge in [0.1, 0.15) is 11.3 Å². The molecule has 3 atom stereocenters. The summed E-state index contributed by atoms with van der Waals surface area (Å²) in [7, 11) is 0. The Bertz CT molecular complexity index is 1050. The largest absolute Gasteiger partial charge is 0.440 e. The molecule has 2 aliphatic rings. The molecule has 1 N–H and O–H groups in total. The fraction of sp³-hybridized carbons (Fsp3) is 0.381. The van der Waals surface area contributed by atoms with Crippen LogP contribution in [0.3, 0.4) is 0 Å². The zero-order chi connectivity index (χ0) is 19.3. The first-order chi connectivity index (χ1) is 13.6. The van der Waals surface area contributed by atoms with Crippen LogP contribution in [0.5, 0.6) is 0 Å². The fourth-order valence-electron chi connectivity index (χ4n) is 3.97. The number of carbonyl (C=O) groups is 1. The summed E-state index contributed by atoms with van der Waals surface area (Å²) in [5.41, 5.74) is 3.28. The normalized spacial score (nSPS) is 23.9. The molecule has 1 aliphatic heterocycles. The quantitative estimate of drug-likeness (QED) is 0.753. The monoisotopic (exact) mass is 380 g/mol. The fourth-order valence-corrected chi connectivity index (χ4v) is 3.97. The molecule has 144 valence electrons. The third kappa shape index (κ3) is 3.21. The van der Waals surface area contributed by atoms with Crippen LogP contribution in [0.1, 0.15) is 30.2 Å². The van der Waals surface area contributed by atoms with E-state index in [1.54, 1.807) is 6.07 Å². The van der Waals surface area contributed by atoms with Gasteiger partial charge < -0.3 is 14.6 Å². The van der Waals surface area contributed by atoms with Gasteiger partial charge in [-0.05, 0) is 43.5 Å². The first-order valence-corrected chi connectivity index (χ1v) is 9.60. The Morgan fingerprint density at radius 3 is 3.07 bits per heavy atom. The van der Waals surface area contributed by atoms with E-state index >= 15 is 0 Å². The molecule has 1 saturated carbocycles. The second-order valence-corrected chi connectivity index (χ2v) is 7.77. The van der Waals surface area contributed by atoms with Gasteiger partial charge in [-0.1, -0.05) is 0 Å². The maximum Gasteiger partial charge on any atom is 0.224 e. The summed E-state index contributed by atoms with van der Waals surface area (Å²) in [5.74, 6) is 0.0868. The Balaban J connectivity index is 1.20. The summed E-state index contributed by atoms with van der Waals surface area (Å²) < 4.78 is 19.0. The molecule has 0 spiro atoms. The average Bonchev–Trinajstić information content (AvgIpc) is 3.15. The zero-order valence-corrected chi connectivity index (χ0v) is 15.6. The average molecular weight is 380 g/mol. The van der Waals surface area contributed by atoms with E-state index in [9.17, 15) is 9.18 Å². The van der Waals surface area contributed by atoms with Gasteiger partial charge in [0.05, 0.1) is 17.8 Å². The van der Waals surface area contributed by atoms with E-state index < -0.39 is 0 Å². The van der Waals surface area contributed by atoms with Gasteiger partial charge in [0.25, 0.3) is 0 Å². The van der Waals surface area contributed by atoms with E-state index in [4.69, 9.17) is 4.42 Å². The van der Waals surface area contributed by atoms with E-state index in [2.05, 4.69) is 26.3 Å². The highest BCUT2D eigenvalue weighted by atomic mass is 19.1. The topological polar surface area (TPSA) is 71.3 Å². The lowest BCUT2D eigenvalue weighted by atomic mass is 10.2. The van der Waals surface area contributed by atoms with Crippen molar-refractivity contribution in [2.75, 3.05) is 18.0 Å². The Morgan fingerprint density at radius 2 is 2.21 bits per heavy atom. The number of aryl methyl sites for hydroxylation is 1. The number of anilines is 1. The summed E-state index contributed by atoms with van der Waals surface area (Å²) in [4.78, 5) is 23.6. The van der Waals surface area contributed by atoms with Crippen molar-refractivity contribution in [2.45, 2.75) is 31.7 Å². The highest BCUT2D eigenvalue weighted by Gasteiger charge is 2.48. The third-order valence-corrected chi connectivity index (χ3v) is 5.57. The smallest absolute Gasteiger partial charge is 0.224 e. The number of benzene rings is 1. The van der Waals surface area contributed by atoms with Gasteiger partial charge in [-0.15, -0.1) is 0 Å². The second-order valence-electron chi connectivity index (χ2n) is 7.77. The second kappa shape index (κ2) is 6.58. The number of carbonyl (C=O) groups excluding carboxylic acids is 1. The lowest BCUT2D eigenvalue weighted by molar-refractivity contribution is -0.123. The highest BCUT2D eigenvalue weighted by Crippen LogP contribution is 2.48. The predicted molar refractivity (Wildman–Crippen MR) is 103 cm³/mol. The van der Waals surface area contributed by atoms with Crippen molar-refractivity contribution < 1.29 is 13.6 Å². The SMILES string of the molecule is Cc1cncc(N2CC[C@@H](NC(=O)[C@H]3C[C@@H]3c3nc4ccc(F)cc4o3)C2)c1. The van der Waals surface area contributed by atoms with Crippen LogP contribution in [0.2, 0.25) is 0 Å². The van der Waals surface area contributed by atoms with Crippen LogP contribution in [0.15, 0.2) is 41.1 Å². The molecule has 2 fully saturated rings. The predicted octanol–water partition coefficient (Wildman–Crippen LogP) is 3.17. The number of hydrogen-bond acceptors (Lipinski definition) is 5. The minimum Gasteiger partial charge on any atom is -0.440 e. The van der Waals surface area contributed by atoms with E-state index in [-0.39, 0.29) is 29.6 Å². The first-order valence-electron chi connectivity index (χ1n) is 9.60. The number of fused-ring (bicyclic) bond motifs is 1. The molecule has 0 unspecified atom stereocenters. The Kier molecular flexibility index (Phi) is 4.03. The van der Waals surface area contributed by atoms with Gasteiger partial charge in [0, 0.05) is 37.3 Å². The molecular weight excluding hydrogens is 359 g/mol. The molecule has 2 aromatic heterocycles. The molecule has 0 radical (unpaired) electrons. The van der Waals surface area contributed by atoms with Crippen molar-refractivity contribution in [3.8, 4) is 0 Å². The van der Waals surface area contributed by atoms with Crippen molar-refractivity contribution >= 4 is 22.7 Å². The van der Waals surface area contributed by atoms with Crippen LogP contribution >= 0.6 is 0 Å². The Labute approximate surface area is 161 Å². The van der Waals surface area contributed by atoms with Crippen LogP contribution in [-0.4, -0.2) is 35.0 Å². The van der Waals surface area contributed by atoms with Crippen molar-refractivity contribution in [3.05, 3.63) is 53.9 Å². The number of pyridine rings is 1. The number of hydrogen-bond donors (Lipinski definition) is 1. The number of nitrogens with zero attached hydrogens (tertiary/aromatic N) is 3. The van der Waals surface area contributed by atoms with Gasteiger partial charge in [0.2, 0.25) is 5.91 Å². The molecule has 6 nitrogen and oxygen atoms in total. The molecule has 1 amide bonds. The minimum atomic E-state index is -0.352. The van der Waals surface area contributed by atoms with Gasteiger partial charge in [-0.3, -0.25) is 9.78 Å². The van der Waals surface area contributed by atoms with E-state index in [1.807, 2.05) is 19.3 Å². The number of oxazole rings is 1. The maximum absolute atomic E-state index is 13.3. The Hall–Kier alpha value is -2.96. The van der Waals surface area contributed by atoms with Gasteiger partial charge in [0.15, 0.2) is 11.5 Å². The molecule has 1 saturated heterocycles. The summed E-state index contributed by atoms with van der Waals surface area (Å²) in [6, 6.07) is 6.54. The van der Waals surface area contributed by atoms with Gasteiger partial charge >= 0.3 is 0 Å². The molecule has 3 aromatic rings. The van der Waals surface area contributed by atoms with Crippen LogP contribution in [0.4, 0.5) is 10.1 Å². The molecule has 7 heteroatoms. The summed E-state index contributed by atoms with van der Waals surface area (Å²) in [6.07, 6.45) is 5.34.